The third kappa shape index (κ3) is 4.25. The fourth-order valence-electron chi connectivity index (χ4n) is 4.28. The van der Waals surface area contributed by atoms with Gasteiger partial charge in [0.15, 0.2) is 0 Å². The number of carbonyl (C=O) groups excluding carboxylic acids is 1. The number of amides is 1. The molecular formula is C22H29N3OS. The summed E-state index contributed by atoms with van der Waals surface area (Å²) in [4.78, 5) is 21.3. The first-order chi connectivity index (χ1) is 13.1. The van der Waals surface area contributed by atoms with Crippen molar-refractivity contribution in [2.24, 2.45) is 0 Å². The van der Waals surface area contributed by atoms with Crippen molar-refractivity contribution in [3.8, 4) is 0 Å². The number of rotatable bonds is 4. The monoisotopic (exact) mass is 383 g/mol. The Kier molecular flexibility index (Phi) is 5.60. The molecule has 0 bridgehead atoms. The largest absolute Gasteiger partial charge is 0.324 e. The Balaban J connectivity index is 1.30. The van der Waals surface area contributed by atoms with Gasteiger partial charge in [-0.05, 0) is 76.6 Å². The van der Waals surface area contributed by atoms with E-state index in [1.54, 1.807) is 0 Å². The molecule has 4 rings (SSSR count). The second kappa shape index (κ2) is 8.11. The zero-order chi connectivity index (χ0) is 18.8. The molecule has 2 heterocycles. The molecule has 1 amide bonds. The van der Waals surface area contributed by atoms with Crippen LogP contribution in [0.1, 0.15) is 58.3 Å². The van der Waals surface area contributed by atoms with Crippen molar-refractivity contribution in [2.75, 3.05) is 25.0 Å². The molecule has 1 aromatic carbocycles. The molecule has 0 saturated carbocycles. The van der Waals surface area contributed by atoms with Gasteiger partial charge < -0.3 is 5.32 Å². The zero-order valence-corrected chi connectivity index (χ0v) is 17.2. The smallest absolute Gasteiger partial charge is 0.238 e. The lowest BCUT2D eigenvalue weighted by molar-refractivity contribution is -0.117. The summed E-state index contributed by atoms with van der Waals surface area (Å²) in [5, 5.41) is 4.46. The van der Waals surface area contributed by atoms with Crippen LogP contribution in [0, 0.1) is 13.8 Å². The number of hydrogen-bond acceptors (Lipinski definition) is 4. The van der Waals surface area contributed by atoms with Crippen molar-refractivity contribution < 1.29 is 4.79 Å². The molecule has 0 atom stereocenters. The topological polar surface area (TPSA) is 45.2 Å². The number of hydrogen-bond donors (Lipinski definition) is 1. The number of fused-ring (bicyclic) bond motifs is 1. The number of piperidine rings is 1. The maximum absolute atomic E-state index is 12.5. The van der Waals surface area contributed by atoms with E-state index in [9.17, 15) is 4.79 Å². The van der Waals surface area contributed by atoms with Gasteiger partial charge in [-0.15, -0.1) is 11.3 Å². The molecule has 1 aliphatic carbocycles. The molecule has 2 aliphatic rings. The minimum Gasteiger partial charge on any atom is -0.324 e. The molecule has 27 heavy (non-hydrogen) atoms. The van der Waals surface area contributed by atoms with Crippen LogP contribution in [-0.4, -0.2) is 35.4 Å². The average Bonchev–Trinajstić information content (AvgIpc) is 3.10. The molecule has 1 aromatic heterocycles. The minimum atomic E-state index is 0.0931. The summed E-state index contributed by atoms with van der Waals surface area (Å²) < 4.78 is 0. The van der Waals surface area contributed by atoms with Crippen LogP contribution in [0.2, 0.25) is 0 Å². The van der Waals surface area contributed by atoms with E-state index in [0.29, 0.717) is 12.5 Å². The van der Waals surface area contributed by atoms with E-state index in [1.165, 1.54) is 41.3 Å². The lowest BCUT2D eigenvalue weighted by Gasteiger charge is -2.30. The minimum absolute atomic E-state index is 0.0931. The van der Waals surface area contributed by atoms with E-state index in [0.717, 1.165) is 42.7 Å². The Bertz CT molecular complexity index is 777. The Labute approximate surface area is 166 Å². The molecule has 0 spiro atoms. The number of anilines is 1. The predicted molar refractivity (Wildman–Crippen MR) is 112 cm³/mol. The Morgan fingerprint density at radius 2 is 1.89 bits per heavy atom. The Morgan fingerprint density at radius 3 is 2.59 bits per heavy atom. The normalized spacial score (nSPS) is 18.3. The number of aryl methyl sites for hydroxylation is 4. The Hall–Kier alpha value is -1.72. The van der Waals surface area contributed by atoms with Crippen LogP contribution in [-0.2, 0) is 17.6 Å². The zero-order valence-electron chi connectivity index (χ0n) is 16.4. The third-order valence-electron chi connectivity index (χ3n) is 5.91. The second-order valence-corrected chi connectivity index (χ2v) is 9.11. The lowest BCUT2D eigenvalue weighted by Crippen LogP contribution is -2.38. The van der Waals surface area contributed by atoms with Crippen molar-refractivity contribution in [3.05, 3.63) is 44.9 Å². The molecule has 1 fully saturated rings. The first kappa shape index (κ1) is 18.6. The van der Waals surface area contributed by atoms with Crippen molar-refractivity contribution in [1.82, 2.24) is 9.88 Å². The maximum atomic E-state index is 12.5. The molecule has 2 aromatic rings. The van der Waals surface area contributed by atoms with E-state index in [-0.39, 0.29) is 5.91 Å². The van der Waals surface area contributed by atoms with Gasteiger partial charge in [0.25, 0.3) is 0 Å². The SMILES string of the molecule is Cc1cccc(C)c1NC(=O)CN1CCC(c2nc3c(s2)CCCC3)CC1. The number of nitrogens with zero attached hydrogens (tertiary/aromatic N) is 2. The van der Waals surface area contributed by atoms with E-state index in [4.69, 9.17) is 4.98 Å². The number of carbonyl (C=O) groups is 1. The maximum Gasteiger partial charge on any atom is 0.238 e. The molecular weight excluding hydrogens is 354 g/mol. The highest BCUT2D eigenvalue weighted by atomic mass is 32.1. The van der Waals surface area contributed by atoms with Gasteiger partial charge in [-0.25, -0.2) is 4.98 Å². The molecule has 144 valence electrons. The highest BCUT2D eigenvalue weighted by Crippen LogP contribution is 2.35. The van der Waals surface area contributed by atoms with Gasteiger partial charge in [0.05, 0.1) is 17.2 Å². The van der Waals surface area contributed by atoms with Crippen LogP contribution in [0.25, 0.3) is 0 Å². The summed E-state index contributed by atoms with van der Waals surface area (Å²) >= 11 is 1.95. The number of thiazole rings is 1. The standard InChI is InChI=1S/C22H29N3OS/c1-15-6-5-7-16(2)21(15)24-20(26)14-25-12-10-17(11-13-25)22-23-18-8-3-4-9-19(18)27-22/h5-7,17H,3-4,8-14H2,1-2H3,(H,24,26). The summed E-state index contributed by atoms with van der Waals surface area (Å²) in [6.45, 7) is 6.53. The highest BCUT2D eigenvalue weighted by Gasteiger charge is 2.26. The number of likely N-dealkylation sites (tertiary alicyclic amines) is 1. The average molecular weight is 384 g/mol. The van der Waals surface area contributed by atoms with Crippen LogP contribution >= 0.6 is 11.3 Å². The van der Waals surface area contributed by atoms with Gasteiger partial charge in [0.1, 0.15) is 0 Å². The quantitative estimate of drug-likeness (QED) is 0.848. The van der Waals surface area contributed by atoms with Crippen LogP contribution in [0.4, 0.5) is 5.69 Å². The van der Waals surface area contributed by atoms with Gasteiger partial charge in [-0.3, -0.25) is 9.69 Å². The fourth-order valence-corrected chi connectivity index (χ4v) is 5.60. The van der Waals surface area contributed by atoms with Crippen LogP contribution in [0.3, 0.4) is 0 Å². The molecule has 0 radical (unpaired) electrons. The van der Waals surface area contributed by atoms with Crippen molar-refractivity contribution >= 4 is 22.9 Å². The van der Waals surface area contributed by atoms with Crippen LogP contribution in [0.5, 0.6) is 0 Å². The molecule has 1 saturated heterocycles. The van der Waals surface area contributed by atoms with Gasteiger partial charge in [0.2, 0.25) is 5.91 Å². The van der Waals surface area contributed by atoms with Crippen molar-refractivity contribution in [2.45, 2.75) is 58.3 Å². The second-order valence-electron chi connectivity index (χ2n) is 7.99. The lowest BCUT2D eigenvalue weighted by atomic mass is 9.97. The molecule has 5 heteroatoms. The van der Waals surface area contributed by atoms with Gasteiger partial charge in [-0.1, -0.05) is 18.2 Å². The molecule has 4 nitrogen and oxygen atoms in total. The number of aromatic nitrogens is 1. The van der Waals surface area contributed by atoms with Gasteiger partial charge in [-0.2, -0.15) is 0 Å². The summed E-state index contributed by atoms with van der Waals surface area (Å²) in [5.41, 5.74) is 4.58. The molecule has 1 aliphatic heterocycles. The number of benzene rings is 1. The summed E-state index contributed by atoms with van der Waals surface area (Å²) in [5.74, 6) is 0.675. The van der Waals surface area contributed by atoms with E-state index >= 15 is 0 Å². The Morgan fingerprint density at radius 1 is 1.19 bits per heavy atom. The fraction of sp³-hybridized carbons (Fsp3) is 0.545. The van der Waals surface area contributed by atoms with Gasteiger partial charge >= 0.3 is 0 Å². The highest BCUT2D eigenvalue weighted by molar-refractivity contribution is 7.11. The van der Waals surface area contributed by atoms with Crippen LogP contribution in [0.15, 0.2) is 18.2 Å². The summed E-state index contributed by atoms with van der Waals surface area (Å²) in [6, 6.07) is 6.12. The predicted octanol–water partition coefficient (Wildman–Crippen LogP) is 4.46. The van der Waals surface area contributed by atoms with E-state index in [2.05, 4.69) is 10.2 Å². The summed E-state index contributed by atoms with van der Waals surface area (Å²) in [7, 11) is 0. The molecule has 1 N–H and O–H groups in total. The third-order valence-corrected chi connectivity index (χ3v) is 7.23. The first-order valence-electron chi connectivity index (χ1n) is 10.2. The number of para-hydroxylation sites is 1. The van der Waals surface area contributed by atoms with Crippen LogP contribution < -0.4 is 5.32 Å². The van der Waals surface area contributed by atoms with Gasteiger partial charge in [0, 0.05) is 16.5 Å². The molecule has 0 unspecified atom stereocenters. The number of nitrogens with one attached hydrogen (secondary N) is 1. The van der Waals surface area contributed by atoms with Crippen molar-refractivity contribution in [1.29, 1.82) is 0 Å². The first-order valence-corrected chi connectivity index (χ1v) is 11.0. The van der Waals surface area contributed by atoms with Crippen molar-refractivity contribution in [3.63, 3.8) is 0 Å². The summed E-state index contributed by atoms with van der Waals surface area (Å²) in [6.07, 6.45) is 7.24. The van der Waals surface area contributed by atoms with E-state index < -0.39 is 0 Å². The van der Waals surface area contributed by atoms with E-state index in [1.807, 2.05) is 43.4 Å².